The van der Waals surface area contributed by atoms with Gasteiger partial charge in [-0.2, -0.15) is 8.78 Å². The number of hydrogen-bond donors (Lipinski definition) is 0. The maximum atomic E-state index is 12.0. The molecule has 0 fully saturated rings. The van der Waals surface area contributed by atoms with Crippen LogP contribution in [-0.2, 0) is 9.84 Å². The summed E-state index contributed by atoms with van der Waals surface area (Å²) >= 11 is 0. The van der Waals surface area contributed by atoms with Gasteiger partial charge in [-0.1, -0.05) is 0 Å². The molecule has 0 N–H and O–H groups in total. The fraction of sp³-hybridized carbons (Fsp3) is 0.222. The molecule has 18 heavy (non-hydrogen) atoms. The molecular formula is C9H7F2NO5S. The number of Topliss-reactive ketones (excluding diaryl/α,β-unsaturated/α-hetero) is 1. The molecule has 0 spiro atoms. The van der Waals surface area contributed by atoms with Gasteiger partial charge in [0, 0.05) is 17.7 Å². The topological polar surface area (TPSA) is 94.3 Å². The fourth-order valence-electron chi connectivity index (χ4n) is 1.10. The number of nitrogens with zero attached hydrogens (tertiary/aromatic N) is 1. The minimum absolute atomic E-state index is 0.176. The number of nitro benzene ring substituents is 1. The summed E-state index contributed by atoms with van der Waals surface area (Å²) in [6, 6.07) is 4.01. The lowest BCUT2D eigenvalue weighted by Gasteiger charge is -2.02. The van der Waals surface area contributed by atoms with Gasteiger partial charge in [0.15, 0.2) is 5.78 Å². The Morgan fingerprint density at radius 3 is 2.17 bits per heavy atom. The molecule has 1 rings (SSSR count). The van der Waals surface area contributed by atoms with E-state index in [2.05, 4.69) is 0 Å². The number of alkyl halides is 2. The highest BCUT2D eigenvalue weighted by Gasteiger charge is 2.27. The number of rotatable bonds is 5. The van der Waals surface area contributed by atoms with E-state index in [0.29, 0.717) is 0 Å². The summed E-state index contributed by atoms with van der Waals surface area (Å²) in [5.74, 6) is -5.99. The molecule has 0 bridgehead atoms. The molecule has 9 heteroatoms. The number of sulfone groups is 1. The van der Waals surface area contributed by atoms with Crippen molar-refractivity contribution in [1.82, 2.24) is 0 Å². The van der Waals surface area contributed by atoms with E-state index in [-0.39, 0.29) is 11.3 Å². The smallest absolute Gasteiger partial charge is 0.293 e. The summed E-state index contributed by atoms with van der Waals surface area (Å²) < 4.78 is 45.7. The van der Waals surface area contributed by atoms with E-state index < -0.39 is 32.1 Å². The number of ketones is 1. The minimum atomic E-state index is -4.79. The van der Waals surface area contributed by atoms with Crippen molar-refractivity contribution in [2.24, 2.45) is 0 Å². The Bertz CT molecular complexity index is 567. The highest BCUT2D eigenvalue weighted by Crippen LogP contribution is 2.14. The lowest BCUT2D eigenvalue weighted by molar-refractivity contribution is -0.384. The largest absolute Gasteiger partial charge is 0.337 e. The van der Waals surface area contributed by atoms with Gasteiger partial charge in [-0.15, -0.1) is 0 Å². The Hall–Kier alpha value is -1.90. The molecule has 0 aliphatic rings. The molecule has 0 aliphatic heterocycles. The van der Waals surface area contributed by atoms with Crippen LogP contribution in [0.5, 0.6) is 0 Å². The molecule has 98 valence electrons. The van der Waals surface area contributed by atoms with Gasteiger partial charge in [0.25, 0.3) is 5.69 Å². The number of nitro groups is 1. The highest BCUT2D eigenvalue weighted by atomic mass is 32.2. The molecule has 0 saturated carbocycles. The van der Waals surface area contributed by atoms with Gasteiger partial charge in [0.2, 0.25) is 9.84 Å². The monoisotopic (exact) mass is 279 g/mol. The Balaban J connectivity index is 2.89. The second-order valence-corrected chi connectivity index (χ2v) is 5.27. The first-order valence-corrected chi connectivity index (χ1v) is 6.23. The summed E-state index contributed by atoms with van der Waals surface area (Å²) in [6.45, 7) is 0. The average molecular weight is 279 g/mol. The third-order valence-electron chi connectivity index (χ3n) is 2.00. The summed E-state index contributed by atoms with van der Waals surface area (Å²) in [5.41, 5.74) is -0.465. The third kappa shape index (κ3) is 3.29. The van der Waals surface area contributed by atoms with E-state index in [1.807, 2.05) is 0 Å². The number of benzene rings is 1. The van der Waals surface area contributed by atoms with Gasteiger partial charge in [-0.3, -0.25) is 14.9 Å². The zero-order valence-corrected chi connectivity index (χ0v) is 9.56. The van der Waals surface area contributed by atoms with Crippen molar-refractivity contribution in [3.8, 4) is 0 Å². The van der Waals surface area contributed by atoms with Crippen LogP contribution in [0.25, 0.3) is 0 Å². The van der Waals surface area contributed by atoms with Crippen molar-refractivity contribution in [3.63, 3.8) is 0 Å². The second kappa shape index (κ2) is 5.17. The van der Waals surface area contributed by atoms with Crippen molar-refractivity contribution in [2.75, 3.05) is 5.75 Å². The Morgan fingerprint density at radius 2 is 1.78 bits per heavy atom. The molecule has 0 heterocycles. The lowest BCUT2D eigenvalue weighted by Crippen LogP contribution is -2.22. The molecule has 0 saturated heterocycles. The van der Waals surface area contributed by atoms with Crippen molar-refractivity contribution in [2.45, 2.75) is 5.76 Å². The first kappa shape index (κ1) is 14.2. The van der Waals surface area contributed by atoms with E-state index in [1.54, 1.807) is 0 Å². The molecule has 0 aromatic heterocycles. The molecule has 0 radical (unpaired) electrons. The number of carbonyl (C=O) groups is 1. The highest BCUT2D eigenvalue weighted by molar-refractivity contribution is 7.92. The molecule has 0 unspecified atom stereocenters. The van der Waals surface area contributed by atoms with Crippen molar-refractivity contribution in [1.29, 1.82) is 0 Å². The second-order valence-electron chi connectivity index (χ2n) is 3.30. The SMILES string of the molecule is O=C(CS(=O)(=O)C(F)F)c1ccc([N+](=O)[O-])cc1. The summed E-state index contributed by atoms with van der Waals surface area (Å²) in [5, 5.41) is 10.3. The molecule has 0 aliphatic carbocycles. The van der Waals surface area contributed by atoms with Crippen LogP contribution in [0.2, 0.25) is 0 Å². The normalized spacial score (nSPS) is 11.5. The number of halogens is 2. The standard InChI is InChI=1S/C9H7F2NO5S/c10-9(11)18(16,17)5-8(13)6-1-3-7(4-2-6)12(14)15/h1-4,9H,5H2. The molecule has 0 amide bonds. The van der Waals surface area contributed by atoms with E-state index >= 15 is 0 Å². The molecule has 1 aromatic rings. The molecule has 0 atom stereocenters. The predicted octanol–water partition coefficient (Wildman–Crippen LogP) is 1.41. The van der Waals surface area contributed by atoms with E-state index in [4.69, 9.17) is 0 Å². The molecule has 6 nitrogen and oxygen atoms in total. The maximum Gasteiger partial charge on any atom is 0.337 e. The van der Waals surface area contributed by atoms with Crippen LogP contribution in [0.1, 0.15) is 10.4 Å². The minimum Gasteiger partial charge on any atom is -0.293 e. The first-order chi connectivity index (χ1) is 8.24. The van der Waals surface area contributed by atoms with E-state index in [0.717, 1.165) is 24.3 Å². The summed E-state index contributed by atoms with van der Waals surface area (Å²) in [6.07, 6.45) is 0. The Labute approximate surface area is 100 Å². The van der Waals surface area contributed by atoms with Gasteiger partial charge >= 0.3 is 5.76 Å². The number of hydrogen-bond acceptors (Lipinski definition) is 5. The number of non-ortho nitro benzene ring substituents is 1. The Kier molecular flexibility index (Phi) is 4.07. The van der Waals surface area contributed by atoms with Gasteiger partial charge in [-0.25, -0.2) is 8.42 Å². The predicted molar refractivity (Wildman–Crippen MR) is 57.2 cm³/mol. The molecule has 1 aromatic carbocycles. The summed E-state index contributed by atoms with van der Waals surface area (Å²) in [7, 11) is -4.79. The van der Waals surface area contributed by atoms with Crippen molar-refractivity contribution >= 4 is 21.3 Å². The van der Waals surface area contributed by atoms with E-state index in [9.17, 15) is 32.1 Å². The number of carbonyl (C=O) groups excluding carboxylic acids is 1. The zero-order chi connectivity index (χ0) is 13.9. The maximum absolute atomic E-state index is 12.0. The lowest BCUT2D eigenvalue weighted by atomic mass is 10.1. The quantitative estimate of drug-likeness (QED) is 0.461. The van der Waals surface area contributed by atoms with Crippen LogP contribution in [0, 0.1) is 10.1 Å². The zero-order valence-electron chi connectivity index (χ0n) is 8.75. The van der Waals surface area contributed by atoms with Crippen LogP contribution in [-0.4, -0.2) is 30.6 Å². The fourth-order valence-corrected chi connectivity index (χ4v) is 1.76. The van der Waals surface area contributed by atoms with Crippen LogP contribution < -0.4 is 0 Å². The van der Waals surface area contributed by atoms with Crippen LogP contribution in [0.15, 0.2) is 24.3 Å². The van der Waals surface area contributed by atoms with Gasteiger partial charge < -0.3 is 0 Å². The van der Waals surface area contributed by atoms with Crippen molar-refractivity contribution < 1.29 is 26.9 Å². The van der Waals surface area contributed by atoms with Crippen LogP contribution in [0.4, 0.5) is 14.5 Å². The van der Waals surface area contributed by atoms with Crippen molar-refractivity contribution in [3.05, 3.63) is 39.9 Å². The first-order valence-electron chi connectivity index (χ1n) is 4.51. The van der Waals surface area contributed by atoms with Crippen LogP contribution in [0.3, 0.4) is 0 Å². The van der Waals surface area contributed by atoms with E-state index in [1.165, 1.54) is 0 Å². The third-order valence-corrected chi connectivity index (χ3v) is 3.21. The Morgan fingerprint density at radius 1 is 1.28 bits per heavy atom. The van der Waals surface area contributed by atoms with Crippen LogP contribution >= 0.6 is 0 Å². The molecular weight excluding hydrogens is 272 g/mol. The van der Waals surface area contributed by atoms with Gasteiger partial charge in [0.1, 0.15) is 5.75 Å². The average Bonchev–Trinajstić information content (AvgIpc) is 2.28. The summed E-state index contributed by atoms with van der Waals surface area (Å²) in [4.78, 5) is 21.0. The van der Waals surface area contributed by atoms with Gasteiger partial charge in [0.05, 0.1) is 4.92 Å². The van der Waals surface area contributed by atoms with Gasteiger partial charge in [-0.05, 0) is 12.1 Å².